The highest BCUT2D eigenvalue weighted by Crippen LogP contribution is 2.39. The molecule has 0 radical (unpaired) electrons. The normalized spacial score (nSPS) is 20.3. The number of hydrogen-bond donors (Lipinski definition) is 0. The topological polar surface area (TPSA) is 37.2 Å². The Labute approximate surface area is 197 Å². The van der Waals surface area contributed by atoms with Crippen molar-refractivity contribution in [2.24, 2.45) is 0 Å². The average Bonchev–Trinajstić information content (AvgIpc) is 3.39. The highest BCUT2D eigenvalue weighted by atomic mass is 32.2. The van der Waals surface area contributed by atoms with E-state index in [-0.39, 0.29) is 5.56 Å². The second-order valence-corrected chi connectivity index (χ2v) is 10.1. The van der Waals surface area contributed by atoms with Crippen molar-refractivity contribution in [2.75, 3.05) is 31.1 Å². The molecule has 8 heteroatoms. The highest BCUT2D eigenvalue weighted by molar-refractivity contribution is 7.97. The molecule has 174 valence electrons. The van der Waals surface area contributed by atoms with Crippen LogP contribution in [0.2, 0.25) is 0 Å². The lowest BCUT2D eigenvalue weighted by atomic mass is 10.0. The maximum atomic E-state index is 14.9. The van der Waals surface area contributed by atoms with Crippen LogP contribution in [0.3, 0.4) is 0 Å². The Balaban J connectivity index is 1.19. The average molecular weight is 470 g/mol. The van der Waals surface area contributed by atoms with Gasteiger partial charge in [-0.25, -0.2) is 13.1 Å². The molecule has 0 bridgehead atoms. The number of hydrogen-bond acceptors (Lipinski definition) is 5. The van der Waals surface area contributed by atoms with E-state index < -0.39 is 11.6 Å². The van der Waals surface area contributed by atoms with Gasteiger partial charge in [-0.3, -0.25) is 0 Å². The summed E-state index contributed by atoms with van der Waals surface area (Å²) in [7, 11) is 0. The maximum Gasteiger partial charge on any atom is 0.131 e. The van der Waals surface area contributed by atoms with Gasteiger partial charge in [-0.2, -0.15) is 0 Å². The molecule has 33 heavy (non-hydrogen) atoms. The molecule has 0 aliphatic carbocycles. The van der Waals surface area contributed by atoms with Crippen LogP contribution < -0.4 is 4.90 Å². The number of benzene rings is 2. The molecule has 0 saturated carbocycles. The van der Waals surface area contributed by atoms with Crippen LogP contribution in [-0.2, 0) is 6.42 Å². The van der Waals surface area contributed by atoms with E-state index in [4.69, 9.17) is 0 Å². The Morgan fingerprint density at radius 2 is 1.61 bits per heavy atom. The third-order valence-electron chi connectivity index (χ3n) is 6.75. The van der Waals surface area contributed by atoms with Gasteiger partial charge in [-0.15, -0.1) is 10.2 Å². The second-order valence-electron chi connectivity index (χ2n) is 8.84. The van der Waals surface area contributed by atoms with Crippen LogP contribution in [0.1, 0.15) is 48.1 Å². The lowest BCUT2D eigenvalue weighted by molar-refractivity contribution is 0.394. The van der Waals surface area contributed by atoms with Crippen LogP contribution in [0.4, 0.5) is 14.5 Å². The molecular weight excluding hydrogens is 440 g/mol. The summed E-state index contributed by atoms with van der Waals surface area (Å²) in [5.41, 5.74) is 2.15. The van der Waals surface area contributed by atoms with E-state index in [0.717, 1.165) is 45.3 Å². The molecule has 5 nitrogen and oxygen atoms in total. The summed E-state index contributed by atoms with van der Waals surface area (Å²) in [5.74, 6) is -0.875. The summed E-state index contributed by atoms with van der Waals surface area (Å²) in [6.07, 6.45) is 7.88. The van der Waals surface area contributed by atoms with Crippen LogP contribution in [0.5, 0.6) is 0 Å². The van der Waals surface area contributed by atoms with Crippen molar-refractivity contribution in [3.63, 3.8) is 0 Å². The maximum absolute atomic E-state index is 14.9. The van der Waals surface area contributed by atoms with E-state index >= 15 is 0 Å². The number of rotatable bonds is 6. The van der Waals surface area contributed by atoms with Crippen LogP contribution in [0, 0.1) is 11.6 Å². The van der Waals surface area contributed by atoms with Crippen molar-refractivity contribution in [3.8, 4) is 0 Å². The first-order valence-corrected chi connectivity index (χ1v) is 12.5. The fraction of sp³-hybridized carbons (Fsp3) is 0.440. The summed E-state index contributed by atoms with van der Waals surface area (Å²) in [5, 5.41) is 8.16. The van der Waals surface area contributed by atoms with E-state index in [0.29, 0.717) is 29.9 Å². The molecule has 2 aliphatic rings. The minimum atomic E-state index is -0.437. The van der Waals surface area contributed by atoms with Crippen LogP contribution >= 0.6 is 11.9 Å². The van der Waals surface area contributed by atoms with E-state index in [1.807, 2.05) is 22.6 Å². The number of nitrogens with zero attached hydrogens (tertiary/aromatic N) is 5. The molecular formula is C25H29F2N5S. The zero-order chi connectivity index (χ0) is 22.6. The quantitative estimate of drug-likeness (QED) is 0.450. The number of halogens is 2. The molecule has 1 atom stereocenters. The van der Waals surface area contributed by atoms with Crippen LogP contribution in [0.25, 0.3) is 0 Å². The SMILES string of the molecule is Fc1cc(N2CCC(n3cnnc3)CC2)cc(F)c1CCN1CCCC(c2ccccc2)S1. The summed E-state index contributed by atoms with van der Waals surface area (Å²) >= 11 is 1.81. The first-order chi connectivity index (χ1) is 16.2. The Morgan fingerprint density at radius 1 is 0.909 bits per heavy atom. The van der Waals surface area contributed by atoms with Gasteiger partial charge in [0.05, 0.1) is 0 Å². The first-order valence-electron chi connectivity index (χ1n) is 11.7. The summed E-state index contributed by atoms with van der Waals surface area (Å²) in [6.45, 7) is 3.11. The van der Waals surface area contributed by atoms with E-state index in [9.17, 15) is 8.78 Å². The lowest BCUT2D eigenvalue weighted by Gasteiger charge is -2.34. The van der Waals surface area contributed by atoms with E-state index in [2.05, 4.69) is 43.7 Å². The Bertz CT molecular complexity index is 1020. The van der Waals surface area contributed by atoms with Gasteiger partial charge in [-0.05, 0) is 49.8 Å². The summed E-state index contributed by atoms with van der Waals surface area (Å²) in [4.78, 5) is 2.07. The van der Waals surface area contributed by atoms with Crippen molar-refractivity contribution >= 4 is 17.6 Å². The zero-order valence-electron chi connectivity index (χ0n) is 18.6. The molecule has 2 fully saturated rings. The van der Waals surface area contributed by atoms with Gasteiger partial charge >= 0.3 is 0 Å². The molecule has 0 spiro atoms. The number of aromatic nitrogens is 3. The predicted molar refractivity (Wildman–Crippen MR) is 128 cm³/mol. The first kappa shape index (κ1) is 22.3. The molecule has 5 rings (SSSR count). The zero-order valence-corrected chi connectivity index (χ0v) is 19.4. The van der Waals surface area contributed by atoms with Gasteiger partial charge in [0.1, 0.15) is 24.3 Å². The van der Waals surface area contributed by atoms with E-state index in [1.165, 1.54) is 17.7 Å². The fourth-order valence-corrected chi connectivity index (χ4v) is 6.21. The number of piperidine rings is 1. The summed E-state index contributed by atoms with van der Waals surface area (Å²) < 4.78 is 34.2. The van der Waals surface area contributed by atoms with Crippen molar-refractivity contribution in [1.82, 2.24) is 19.1 Å². The molecule has 1 unspecified atom stereocenters. The Morgan fingerprint density at radius 3 is 2.30 bits per heavy atom. The number of anilines is 1. The molecule has 0 amide bonds. The van der Waals surface area contributed by atoms with E-state index in [1.54, 1.807) is 12.7 Å². The van der Waals surface area contributed by atoms with Crippen LogP contribution in [-0.4, -0.2) is 45.2 Å². The van der Waals surface area contributed by atoms with Crippen molar-refractivity contribution in [3.05, 3.63) is 77.9 Å². The fourth-order valence-electron chi connectivity index (χ4n) is 4.87. The predicted octanol–water partition coefficient (Wildman–Crippen LogP) is 5.43. The van der Waals surface area contributed by atoms with Gasteiger partial charge in [0.25, 0.3) is 0 Å². The molecule has 0 N–H and O–H groups in total. The molecule has 3 heterocycles. The Kier molecular flexibility index (Phi) is 6.92. The van der Waals surface area contributed by atoms with Crippen molar-refractivity contribution in [2.45, 2.75) is 43.4 Å². The molecule has 1 aromatic heterocycles. The third kappa shape index (κ3) is 5.22. The Hall–Kier alpha value is -2.45. The van der Waals surface area contributed by atoms with Gasteiger partial charge in [0.2, 0.25) is 0 Å². The van der Waals surface area contributed by atoms with Crippen molar-refractivity contribution in [1.29, 1.82) is 0 Å². The molecule has 2 saturated heterocycles. The highest BCUT2D eigenvalue weighted by Gasteiger charge is 2.25. The molecule has 2 aliphatic heterocycles. The van der Waals surface area contributed by atoms with Gasteiger partial charge in [0.15, 0.2) is 0 Å². The second kappa shape index (κ2) is 10.2. The van der Waals surface area contributed by atoms with Crippen LogP contribution in [0.15, 0.2) is 55.1 Å². The lowest BCUT2D eigenvalue weighted by Crippen LogP contribution is -2.34. The third-order valence-corrected chi connectivity index (χ3v) is 8.17. The van der Waals surface area contributed by atoms with Crippen molar-refractivity contribution < 1.29 is 8.78 Å². The summed E-state index contributed by atoms with van der Waals surface area (Å²) in [6, 6.07) is 13.8. The largest absolute Gasteiger partial charge is 0.371 e. The molecule has 2 aromatic carbocycles. The van der Waals surface area contributed by atoms with Gasteiger partial charge < -0.3 is 9.47 Å². The standard InChI is InChI=1S/C25H29F2N5S/c26-23-15-21(30-12-8-20(9-13-30)31-17-28-29-18-31)16-24(27)22(23)10-14-32-11-4-7-25(33-32)19-5-2-1-3-6-19/h1-3,5-6,15-18,20,25H,4,7-14H2. The minimum absolute atomic E-state index is 0.195. The van der Waals surface area contributed by atoms with Gasteiger partial charge in [-0.1, -0.05) is 42.3 Å². The molecule has 3 aromatic rings. The minimum Gasteiger partial charge on any atom is -0.371 e. The van der Waals surface area contributed by atoms with Gasteiger partial charge in [0, 0.05) is 48.7 Å². The smallest absolute Gasteiger partial charge is 0.131 e. The monoisotopic (exact) mass is 469 g/mol.